The molecule has 1 heterocycles. The van der Waals surface area contributed by atoms with E-state index in [2.05, 4.69) is 10.6 Å². The van der Waals surface area contributed by atoms with Crippen LogP contribution in [0.25, 0.3) is 10.9 Å². The zero-order valence-electron chi connectivity index (χ0n) is 17.5. The molecule has 0 aliphatic rings. The van der Waals surface area contributed by atoms with Crippen molar-refractivity contribution in [1.29, 1.82) is 0 Å². The lowest BCUT2D eigenvalue weighted by atomic mass is 10.1. The van der Waals surface area contributed by atoms with E-state index in [-0.39, 0.29) is 19.5 Å². The van der Waals surface area contributed by atoms with E-state index in [4.69, 9.17) is 10.5 Å². The molecule has 3 amide bonds. The lowest BCUT2D eigenvalue weighted by Crippen LogP contribution is -2.42. The van der Waals surface area contributed by atoms with Gasteiger partial charge in [0, 0.05) is 18.8 Å². The molecule has 168 valence electrons. The number of nitrogens with one attached hydrogen (secondary N) is 2. The van der Waals surface area contributed by atoms with Gasteiger partial charge in [-0.05, 0) is 42.0 Å². The number of hydrogen-bond acceptors (Lipinski definition) is 4. The van der Waals surface area contributed by atoms with Gasteiger partial charge in [0.25, 0.3) is 0 Å². The molecule has 0 spiro atoms. The van der Waals surface area contributed by atoms with Crippen molar-refractivity contribution in [1.82, 2.24) is 15.2 Å². The summed E-state index contributed by atoms with van der Waals surface area (Å²) < 4.78 is 7.61. The molecule has 9 nitrogen and oxygen atoms in total. The van der Waals surface area contributed by atoms with Crippen LogP contribution in [0, 0.1) is 0 Å². The van der Waals surface area contributed by atoms with E-state index in [9.17, 15) is 19.5 Å². The monoisotopic (exact) mass is 438 g/mol. The van der Waals surface area contributed by atoms with Gasteiger partial charge in [-0.3, -0.25) is 4.79 Å². The summed E-state index contributed by atoms with van der Waals surface area (Å²) in [6.07, 6.45) is 2.32. The lowest BCUT2D eigenvalue weighted by Gasteiger charge is -2.15. The molecule has 9 heteroatoms. The van der Waals surface area contributed by atoms with Crippen LogP contribution < -0.4 is 21.1 Å². The van der Waals surface area contributed by atoms with E-state index < -0.39 is 23.9 Å². The number of carbonyl (C=O) groups excluding carboxylic acids is 2. The van der Waals surface area contributed by atoms with Gasteiger partial charge in [0.2, 0.25) is 5.91 Å². The third-order valence-electron chi connectivity index (χ3n) is 4.91. The lowest BCUT2D eigenvalue weighted by molar-refractivity contribution is -0.142. The Kier molecular flexibility index (Phi) is 7.69. The molecule has 5 N–H and O–H groups in total. The Hall–Kier alpha value is -4.01. The van der Waals surface area contributed by atoms with E-state index >= 15 is 0 Å². The normalized spacial score (nSPS) is 11.6. The average Bonchev–Trinajstić information content (AvgIpc) is 3.16. The Balaban J connectivity index is 1.60. The number of carboxylic acid groups (broad SMARTS) is 1. The number of hydrogen-bond donors (Lipinski definition) is 4. The molecule has 32 heavy (non-hydrogen) atoms. The summed E-state index contributed by atoms with van der Waals surface area (Å²) in [5, 5.41) is 15.2. The van der Waals surface area contributed by atoms with Gasteiger partial charge in [-0.25, -0.2) is 9.59 Å². The Bertz CT molecular complexity index is 1080. The number of urea groups is 1. The van der Waals surface area contributed by atoms with Crippen molar-refractivity contribution in [3.8, 4) is 5.75 Å². The van der Waals surface area contributed by atoms with Crippen molar-refractivity contribution in [2.75, 3.05) is 6.54 Å². The molecule has 0 saturated heterocycles. The van der Waals surface area contributed by atoms with Crippen molar-refractivity contribution in [3.05, 3.63) is 66.4 Å². The van der Waals surface area contributed by atoms with Gasteiger partial charge in [0.05, 0.1) is 5.52 Å². The number of benzene rings is 2. The van der Waals surface area contributed by atoms with Crippen LogP contribution in [0.3, 0.4) is 0 Å². The van der Waals surface area contributed by atoms with E-state index in [1.165, 1.54) is 0 Å². The highest BCUT2D eigenvalue weighted by molar-refractivity contribution is 5.86. The standard InChI is InChI=1S/C23H26N4O5/c24-23(31)25-11-4-7-19(22(29)30)26-21(28)14-27-12-10-17-8-9-18(13-20(17)27)32-15-16-5-2-1-3-6-16/h1-3,5-6,8-10,12-13,19H,4,7,11,14-15H2,(H,26,28)(H,29,30)(H3,24,25,31)/t19-/m0/s1. The summed E-state index contributed by atoms with van der Waals surface area (Å²) in [5.41, 5.74) is 6.84. The van der Waals surface area contributed by atoms with Gasteiger partial charge in [-0.15, -0.1) is 0 Å². The number of primary amides is 1. The summed E-state index contributed by atoms with van der Waals surface area (Å²) in [5.74, 6) is -0.883. The molecule has 1 atom stereocenters. The topological polar surface area (TPSA) is 136 Å². The van der Waals surface area contributed by atoms with Crippen molar-refractivity contribution >= 4 is 28.8 Å². The van der Waals surface area contributed by atoms with E-state index in [1.807, 2.05) is 54.6 Å². The minimum atomic E-state index is -1.13. The summed E-state index contributed by atoms with van der Waals surface area (Å²) in [6, 6.07) is 15.6. The van der Waals surface area contributed by atoms with Gasteiger partial charge in [0.15, 0.2) is 0 Å². The highest BCUT2D eigenvalue weighted by Gasteiger charge is 2.20. The van der Waals surface area contributed by atoms with Crippen molar-refractivity contribution in [2.45, 2.75) is 32.0 Å². The van der Waals surface area contributed by atoms with E-state index in [0.29, 0.717) is 18.8 Å². The Morgan fingerprint density at radius 2 is 1.88 bits per heavy atom. The SMILES string of the molecule is NC(=O)NCCC[C@H](NC(=O)Cn1ccc2ccc(OCc3ccccc3)cc21)C(=O)O. The maximum atomic E-state index is 12.5. The number of amides is 3. The Morgan fingerprint density at radius 1 is 1.09 bits per heavy atom. The molecule has 1 aromatic heterocycles. The average molecular weight is 438 g/mol. The van der Waals surface area contributed by atoms with Gasteiger partial charge in [-0.2, -0.15) is 0 Å². The van der Waals surface area contributed by atoms with Crippen LogP contribution in [-0.2, 0) is 22.7 Å². The summed E-state index contributed by atoms with van der Waals surface area (Å²) >= 11 is 0. The first kappa shape index (κ1) is 22.7. The fourth-order valence-electron chi connectivity index (χ4n) is 3.30. The van der Waals surface area contributed by atoms with Crippen LogP contribution in [0.5, 0.6) is 5.75 Å². The first-order valence-corrected chi connectivity index (χ1v) is 10.2. The molecule has 3 rings (SSSR count). The predicted octanol–water partition coefficient (Wildman–Crippen LogP) is 2.24. The fraction of sp³-hybridized carbons (Fsp3) is 0.261. The smallest absolute Gasteiger partial charge is 0.326 e. The van der Waals surface area contributed by atoms with Crippen molar-refractivity contribution < 1.29 is 24.2 Å². The quantitative estimate of drug-likeness (QED) is 0.341. The minimum Gasteiger partial charge on any atom is -0.489 e. The largest absolute Gasteiger partial charge is 0.489 e. The van der Waals surface area contributed by atoms with Crippen LogP contribution in [0.2, 0.25) is 0 Å². The highest BCUT2D eigenvalue weighted by Crippen LogP contribution is 2.23. The fourth-order valence-corrected chi connectivity index (χ4v) is 3.30. The number of ether oxygens (including phenoxy) is 1. The van der Waals surface area contributed by atoms with Crippen LogP contribution in [0.4, 0.5) is 4.79 Å². The minimum absolute atomic E-state index is 0.0328. The molecule has 0 aliphatic heterocycles. The number of nitrogens with zero attached hydrogens (tertiary/aromatic N) is 1. The highest BCUT2D eigenvalue weighted by atomic mass is 16.5. The van der Waals surface area contributed by atoms with Crippen LogP contribution >= 0.6 is 0 Å². The zero-order chi connectivity index (χ0) is 22.9. The number of aliphatic carboxylic acids is 1. The van der Waals surface area contributed by atoms with E-state index in [0.717, 1.165) is 16.5 Å². The summed E-state index contributed by atoms with van der Waals surface area (Å²) in [7, 11) is 0. The van der Waals surface area contributed by atoms with Gasteiger partial charge < -0.3 is 30.8 Å². The van der Waals surface area contributed by atoms with Crippen LogP contribution in [0.1, 0.15) is 18.4 Å². The van der Waals surface area contributed by atoms with E-state index in [1.54, 1.807) is 10.8 Å². The summed E-state index contributed by atoms with van der Waals surface area (Å²) in [4.78, 5) is 34.6. The molecule has 0 bridgehead atoms. The van der Waals surface area contributed by atoms with Crippen LogP contribution in [0.15, 0.2) is 60.8 Å². The molecule has 3 aromatic rings. The molecule has 0 unspecified atom stereocenters. The van der Waals surface area contributed by atoms with Crippen LogP contribution in [-0.4, -0.2) is 40.2 Å². The zero-order valence-corrected chi connectivity index (χ0v) is 17.5. The number of rotatable bonds is 11. The Morgan fingerprint density at radius 3 is 2.59 bits per heavy atom. The first-order valence-electron chi connectivity index (χ1n) is 10.2. The number of fused-ring (bicyclic) bond motifs is 1. The second kappa shape index (κ2) is 10.9. The molecule has 0 fully saturated rings. The molecule has 0 saturated carbocycles. The number of aromatic nitrogens is 1. The maximum Gasteiger partial charge on any atom is 0.326 e. The Labute approximate surface area is 185 Å². The number of carbonyl (C=O) groups is 3. The van der Waals surface area contributed by atoms with Crippen molar-refractivity contribution in [3.63, 3.8) is 0 Å². The van der Waals surface area contributed by atoms with Crippen molar-refractivity contribution in [2.24, 2.45) is 5.73 Å². The van der Waals surface area contributed by atoms with Gasteiger partial charge in [-0.1, -0.05) is 30.3 Å². The third-order valence-corrected chi connectivity index (χ3v) is 4.91. The maximum absolute atomic E-state index is 12.5. The number of carboxylic acids is 1. The third kappa shape index (κ3) is 6.49. The van der Waals surface area contributed by atoms with Gasteiger partial charge >= 0.3 is 12.0 Å². The van der Waals surface area contributed by atoms with Gasteiger partial charge in [0.1, 0.15) is 24.9 Å². The summed E-state index contributed by atoms with van der Waals surface area (Å²) in [6.45, 7) is 0.635. The molecular formula is C23H26N4O5. The number of nitrogens with two attached hydrogens (primary N) is 1. The second-order valence-corrected chi connectivity index (χ2v) is 7.33. The first-order chi connectivity index (χ1) is 15.4. The molecule has 2 aromatic carbocycles. The predicted molar refractivity (Wildman–Crippen MR) is 119 cm³/mol. The molecule has 0 aliphatic carbocycles. The molecule has 0 radical (unpaired) electrons. The molecular weight excluding hydrogens is 412 g/mol. The second-order valence-electron chi connectivity index (χ2n) is 7.33.